The first-order valence-electron chi connectivity index (χ1n) is 14.5. The summed E-state index contributed by atoms with van der Waals surface area (Å²) < 4.78 is 5.80. The summed E-state index contributed by atoms with van der Waals surface area (Å²) in [7, 11) is 3.05. The average Bonchev–Trinajstić information content (AvgIpc) is 3.92. The Hall–Kier alpha value is -5.39. The van der Waals surface area contributed by atoms with Crippen LogP contribution >= 0.6 is 0 Å². The molecule has 0 spiro atoms. The molecule has 4 aromatic rings. The molecule has 12 nitrogen and oxygen atoms in total. The molecule has 224 valence electrons. The molecule has 44 heavy (non-hydrogen) atoms. The second-order valence-corrected chi connectivity index (χ2v) is 10.7. The van der Waals surface area contributed by atoms with Gasteiger partial charge in [-0.2, -0.15) is 0 Å². The molecule has 2 aliphatic rings. The van der Waals surface area contributed by atoms with Crippen molar-refractivity contribution in [3.8, 4) is 16.9 Å². The maximum absolute atomic E-state index is 13.3. The third-order valence-corrected chi connectivity index (χ3v) is 7.76. The minimum atomic E-state index is -0.441. The monoisotopic (exact) mass is 592 g/mol. The van der Waals surface area contributed by atoms with Crippen molar-refractivity contribution >= 4 is 34.9 Å². The number of hydrogen-bond donors (Lipinski definition) is 3. The van der Waals surface area contributed by atoms with E-state index in [2.05, 4.69) is 42.2 Å². The number of pyridine rings is 2. The number of benzene rings is 1. The Balaban J connectivity index is 1.23. The topological polar surface area (TPSA) is 151 Å². The average molecular weight is 593 g/mol. The zero-order valence-corrected chi connectivity index (χ0v) is 24.5. The number of carbonyl (C=O) groups is 3. The number of nitrogens with zero attached hydrogens (tertiary/aromatic N) is 5. The number of para-hydroxylation sites is 1. The Morgan fingerprint density at radius 2 is 1.80 bits per heavy atom. The van der Waals surface area contributed by atoms with E-state index in [-0.39, 0.29) is 29.2 Å². The molecule has 1 aromatic carbocycles. The van der Waals surface area contributed by atoms with Crippen LogP contribution in [0.3, 0.4) is 0 Å². The molecule has 0 unspecified atom stereocenters. The molecule has 3 aromatic heterocycles. The van der Waals surface area contributed by atoms with Gasteiger partial charge in [-0.15, -0.1) is 10.2 Å². The maximum Gasteiger partial charge on any atom is 0.273 e. The van der Waals surface area contributed by atoms with Crippen molar-refractivity contribution in [1.82, 2.24) is 30.4 Å². The lowest BCUT2D eigenvalue weighted by atomic mass is 10.0. The predicted molar refractivity (Wildman–Crippen MR) is 164 cm³/mol. The van der Waals surface area contributed by atoms with E-state index >= 15 is 0 Å². The number of carbonyl (C=O) groups excluding carboxylic acids is 3. The van der Waals surface area contributed by atoms with Gasteiger partial charge in [0.15, 0.2) is 11.5 Å². The van der Waals surface area contributed by atoms with Gasteiger partial charge >= 0.3 is 0 Å². The fourth-order valence-corrected chi connectivity index (χ4v) is 5.21. The Labute approximate surface area is 254 Å². The number of hydrogen-bond acceptors (Lipinski definition) is 9. The van der Waals surface area contributed by atoms with Gasteiger partial charge in [-0.3, -0.25) is 24.4 Å². The van der Waals surface area contributed by atoms with Gasteiger partial charge < -0.3 is 25.6 Å². The zero-order chi connectivity index (χ0) is 30.6. The highest BCUT2D eigenvalue weighted by Gasteiger charge is 2.30. The molecule has 0 saturated heterocycles. The molecule has 3 N–H and O–H groups in total. The minimum Gasteiger partial charge on any atom is -0.494 e. The number of fused-ring (bicyclic) bond motifs is 1. The molecule has 1 saturated carbocycles. The summed E-state index contributed by atoms with van der Waals surface area (Å²) >= 11 is 0. The molecule has 12 heteroatoms. The van der Waals surface area contributed by atoms with Crippen molar-refractivity contribution in [3.05, 3.63) is 83.6 Å². The van der Waals surface area contributed by atoms with Crippen molar-refractivity contribution in [2.75, 3.05) is 37.9 Å². The lowest BCUT2D eigenvalue weighted by molar-refractivity contribution is -0.117. The van der Waals surface area contributed by atoms with Gasteiger partial charge in [-0.25, -0.2) is 0 Å². The molecule has 1 fully saturated rings. The first kappa shape index (κ1) is 28.7. The molecule has 6 rings (SSSR count). The van der Waals surface area contributed by atoms with Gasteiger partial charge in [-0.05, 0) is 43.0 Å². The van der Waals surface area contributed by atoms with Gasteiger partial charge in [0.1, 0.15) is 11.4 Å². The van der Waals surface area contributed by atoms with Crippen molar-refractivity contribution in [1.29, 1.82) is 0 Å². The first-order chi connectivity index (χ1) is 21.4. The van der Waals surface area contributed by atoms with Crippen molar-refractivity contribution < 1.29 is 19.1 Å². The molecular weight excluding hydrogens is 560 g/mol. The summed E-state index contributed by atoms with van der Waals surface area (Å²) in [5, 5.41) is 16.7. The quantitative estimate of drug-likeness (QED) is 0.279. The van der Waals surface area contributed by atoms with Gasteiger partial charge in [0.2, 0.25) is 5.91 Å². The summed E-state index contributed by atoms with van der Waals surface area (Å²) in [6.45, 7) is 1.19. The van der Waals surface area contributed by atoms with Gasteiger partial charge in [0, 0.05) is 67.8 Å². The Bertz CT molecular complexity index is 1700. The van der Waals surface area contributed by atoms with E-state index in [9.17, 15) is 14.4 Å². The highest BCUT2D eigenvalue weighted by molar-refractivity contribution is 6.00. The smallest absolute Gasteiger partial charge is 0.273 e. The van der Waals surface area contributed by atoms with Crippen LogP contribution in [0.15, 0.2) is 60.9 Å². The molecule has 1 aliphatic carbocycles. The van der Waals surface area contributed by atoms with Crippen molar-refractivity contribution in [2.24, 2.45) is 5.92 Å². The number of anilines is 3. The summed E-state index contributed by atoms with van der Waals surface area (Å²) in [6, 6.07) is 14.6. The number of nitrogens with one attached hydrogen (secondary N) is 3. The number of rotatable bonds is 8. The fourth-order valence-electron chi connectivity index (χ4n) is 5.21. The molecular formula is C32H32N8O4. The lowest BCUT2D eigenvalue weighted by Crippen LogP contribution is -2.33. The Morgan fingerprint density at radius 3 is 2.55 bits per heavy atom. The highest BCUT2D eigenvalue weighted by atomic mass is 16.5. The fraction of sp³-hybridized carbons (Fsp3) is 0.281. The Kier molecular flexibility index (Phi) is 8.13. The van der Waals surface area contributed by atoms with Crippen molar-refractivity contribution in [2.45, 2.75) is 25.7 Å². The van der Waals surface area contributed by atoms with Gasteiger partial charge in [0.25, 0.3) is 11.8 Å². The van der Waals surface area contributed by atoms with Crippen LogP contribution in [0.25, 0.3) is 11.1 Å². The molecule has 4 heterocycles. The van der Waals surface area contributed by atoms with Crippen LogP contribution in [0.5, 0.6) is 5.75 Å². The standard InChI is InChI=1S/C32H32N8O4/c1-33-31(42)28-26(17-27(38-39-28)37-30(41)20-8-9-20)36-24-7-3-6-22(29(24)44-2)21-10-11-25(35-18-21)32(43)40-15-12-19-5-4-14-34-23(19)13-16-40/h3-7,10-11,14,17-18,20H,8-9,12-13,15-16H2,1-2H3,(H,33,42)(H2,36,37,38,41). The van der Waals surface area contributed by atoms with E-state index in [0.717, 1.165) is 36.1 Å². The largest absolute Gasteiger partial charge is 0.494 e. The number of methoxy groups -OCH3 is 1. The summed E-state index contributed by atoms with van der Waals surface area (Å²) in [4.78, 5) is 49.0. The van der Waals surface area contributed by atoms with E-state index < -0.39 is 5.91 Å². The predicted octanol–water partition coefficient (Wildman–Crippen LogP) is 3.63. The second kappa shape index (κ2) is 12.5. The third-order valence-electron chi connectivity index (χ3n) is 7.76. The first-order valence-corrected chi connectivity index (χ1v) is 14.5. The van der Waals surface area contributed by atoms with E-state index in [1.54, 1.807) is 37.7 Å². The highest BCUT2D eigenvalue weighted by Crippen LogP contribution is 2.38. The van der Waals surface area contributed by atoms with Gasteiger partial charge in [-0.1, -0.05) is 24.3 Å². The van der Waals surface area contributed by atoms with Crippen LogP contribution in [-0.2, 0) is 17.6 Å². The van der Waals surface area contributed by atoms with Crippen LogP contribution < -0.4 is 20.7 Å². The molecule has 0 radical (unpaired) electrons. The molecule has 1 aliphatic heterocycles. The van der Waals surface area contributed by atoms with E-state index in [4.69, 9.17) is 4.74 Å². The van der Waals surface area contributed by atoms with Crippen LogP contribution in [-0.4, -0.2) is 70.0 Å². The summed E-state index contributed by atoms with van der Waals surface area (Å²) in [6.07, 6.45) is 6.60. The molecule has 3 amide bonds. The van der Waals surface area contributed by atoms with Crippen LogP contribution in [0.4, 0.5) is 17.2 Å². The lowest BCUT2D eigenvalue weighted by Gasteiger charge is -2.20. The van der Waals surface area contributed by atoms with E-state index in [0.29, 0.717) is 42.3 Å². The zero-order valence-electron chi connectivity index (χ0n) is 24.5. The summed E-state index contributed by atoms with van der Waals surface area (Å²) in [5.41, 5.74) is 5.00. The number of ether oxygens (including phenoxy) is 1. The maximum atomic E-state index is 13.3. The van der Waals surface area contributed by atoms with Crippen LogP contribution in [0, 0.1) is 5.92 Å². The molecule has 0 bridgehead atoms. The van der Waals surface area contributed by atoms with Gasteiger partial charge in [0.05, 0.1) is 18.5 Å². The SMILES string of the molecule is CNC(=O)c1nnc(NC(=O)C2CC2)cc1Nc1cccc(-c2ccc(C(=O)N3CCc4cccnc4CC3)nc2)c1OC. The van der Waals surface area contributed by atoms with E-state index in [1.807, 2.05) is 29.2 Å². The normalized spacial score (nSPS) is 14.2. The van der Waals surface area contributed by atoms with Crippen LogP contribution in [0.1, 0.15) is 45.1 Å². The second-order valence-electron chi connectivity index (χ2n) is 10.7. The number of amides is 3. The minimum absolute atomic E-state index is 0.0160. The van der Waals surface area contributed by atoms with Crippen LogP contribution in [0.2, 0.25) is 0 Å². The number of aromatic nitrogens is 4. The van der Waals surface area contributed by atoms with E-state index in [1.165, 1.54) is 12.6 Å². The Morgan fingerprint density at radius 1 is 0.955 bits per heavy atom. The third kappa shape index (κ3) is 6.05. The summed E-state index contributed by atoms with van der Waals surface area (Å²) in [5.74, 6) is 0.0330. The van der Waals surface area contributed by atoms with Crippen molar-refractivity contribution in [3.63, 3.8) is 0 Å². The molecule has 0 atom stereocenters.